The van der Waals surface area contributed by atoms with Crippen molar-refractivity contribution >= 4 is 39.5 Å². The van der Waals surface area contributed by atoms with Gasteiger partial charge in [-0.25, -0.2) is 4.98 Å². The molecule has 0 aromatic carbocycles. The second kappa shape index (κ2) is 4.97. The molecule has 0 spiro atoms. The number of amides is 2. The lowest BCUT2D eigenvalue weighted by Gasteiger charge is -2.19. The summed E-state index contributed by atoms with van der Waals surface area (Å²) in [7, 11) is 0. The molecule has 1 saturated heterocycles. The van der Waals surface area contributed by atoms with Crippen LogP contribution >= 0.6 is 27.7 Å². The van der Waals surface area contributed by atoms with E-state index in [2.05, 4.69) is 26.2 Å². The largest absolute Gasteiger partial charge is 0.295 e. The molecule has 0 radical (unpaired) electrons. The fraction of sp³-hybridized carbons (Fsp3) is 0.300. The summed E-state index contributed by atoms with van der Waals surface area (Å²) in [6.07, 6.45) is 2.67. The minimum Gasteiger partial charge on any atom is -0.295 e. The number of hydrogen-bond acceptors (Lipinski definition) is 4. The Morgan fingerprint density at radius 1 is 1.44 bits per heavy atom. The highest BCUT2D eigenvalue weighted by Crippen LogP contribution is 2.27. The predicted octanol–water partition coefficient (Wildman–Crippen LogP) is 1.74. The molecule has 1 aromatic heterocycles. The number of nitrogens with zero attached hydrogens (tertiary/aromatic N) is 1. The van der Waals surface area contributed by atoms with E-state index >= 15 is 0 Å². The number of pyridine rings is 1. The molecule has 1 atom stereocenters. The Balaban J connectivity index is 2.02. The van der Waals surface area contributed by atoms with Gasteiger partial charge in [0.15, 0.2) is 0 Å². The highest BCUT2D eigenvalue weighted by Gasteiger charge is 2.27. The summed E-state index contributed by atoms with van der Waals surface area (Å²) in [6, 6.07) is 3.72. The Bertz CT molecular complexity index is 421. The monoisotopic (exact) mass is 300 g/mol. The van der Waals surface area contributed by atoms with Gasteiger partial charge in [-0.1, -0.05) is 11.8 Å². The Labute approximate surface area is 105 Å². The maximum atomic E-state index is 11.5. The topological polar surface area (TPSA) is 59.1 Å². The van der Waals surface area contributed by atoms with Crippen LogP contribution in [0.15, 0.2) is 27.8 Å². The van der Waals surface area contributed by atoms with Crippen LogP contribution in [0.25, 0.3) is 0 Å². The molecule has 6 heteroatoms. The van der Waals surface area contributed by atoms with Crippen molar-refractivity contribution in [3.8, 4) is 0 Å². The number of halogens is 1. The van der Waals surface area contributed by atoms with Crippen molar-refractivity contribution in [1.29, 1.82) is 0 Å². The third-order valence-electron chi connectivity index (χ3n) is 2.15. The lowest BCUT2D eigenvalue weighted by Crippen LogP contribution is -2.42. The van der Waals surface area contributed by atoms with Gasteiger partial charge in [0.1, 0.15) is 0 Å². The normalized spacial score (nSPS) is 20.7. The molecule has 1 fully saturated rings. The molecule has 4 nitrogen and oxygen atoms in total. The molecule has 1 N–H and O–H groups in total. The van der Waals surface area contributed by atoms with Crippen LogP contribution in [0.2, 0.25) is 0 Å². The number of thioether (sulfide) groups is 1. The molecule has 0 aliphatic carbocycles. The van der Waals surface area contributed by atoms with Crippen LogP contribution in [0.4, 0.5) is 0 Å². The first-order valence-electron chi connectivity index (χ1n) is 4.77. The number of carbonyl (C=O) groups is 2. The smallest absolute Gasteiger partial charge is 0.240 e. The molecule has 1 unspecified atom stereocenters. The van der Waals surface area contributed by atoms with E-state index in [1.165, 1.54) is 11.8 Å². The Morgan fingerprint density at radius 3 is 2.88 bits per heavy atom. The number of carbonyl (C=O) groups excluding carboxylic acids is 2. The van der Waals surface area contributed by atoms with Gasteiger partial charge in [0.05, 0.1) is 10.3 Å². The number of nitrogens with one attached hydrogen (secondary N) is 1. The second-order valence-corrected chi connectivity index (χ2v) is 5.51. The second-order valence-electron chi connectivity index (χ2n) is 3.37. The molecule has 0 saturated carbocycles. The fourth-order valence-corrected chi connectivity index (χ4v) is 2.55. The van der Waals surface area contributed by atoms with Gasteiger partial charge < -0.3 is 0 Å². The fourth-order valence-electron chi connectivity index (χ4n) is 1.36. The lowest BCUT2D eigenvalue weighted by molar-refractivity contribution is -0.132. The minimum atomic E-state index is -0.217. The maximum absolute atomic E-state index is 11.5. The van der Waals surface area contributed by atoms with Crippen molar-refractivity contribution in [3.63, 3.8) is 0 Å². The van der Waals surface area contributed by atoms with Gasteiger partial charge in [0.2, 0.25) is 11.8 Å². The van der Waals surface area contributed by atoms with Crippen molar-refractivity contribution in [2.45, 2.75) is 23.1 Å². The first kappa shape index (κ1) is 11.6. The van der Waals surface area contributed by atoms with Crippen molar-refractivity contribution in [3.05, 3.63) is 22.8 Å². The summed E-state index contributed by atoms with van der Waals surface area (Å²) in [5.41, 5.74) is 0. The van der Waals surface area contributed by atoms with Gasteiger partial charge in [0, 0.05) is 17.1 Å². The SMILES string of the molecule is O=C1CCC(Sc2ccc(Br)cn2)C(=O)N1. The van der Waals surface area contributed by atoms with Crippen molar-refractivity contribution in [2.24, 2.45) is 0 Å². The Kier molecular flexibility index (Phi) is 3.60. The summed E-state index contributed by atoms with van der Waals surface area (Å²) in [4.78, 5) is 26.6. The third kappa shape index (κ3) is 2.82. The van der Waals surface area contributed by atoms with Crippen LogP contribution in [0.3, 0.4) is 0 Å². The van der Waals surface area contributed by atoms with Crippen molar-refractivity contribution in [2.75, 3.05) is 0 Å². The number of piperidine rings is 1. The van der Waals surface area contributed by atoms with Gasteiger partial charge in [-0.15, -0.1) is 0 Å². The van der Waals surface area contributed by atoms with E-state index in [1.54, 1.807) is 6.20 Å². The van der Waals surface area contributed by atoms with Crippen LogP contribution < -0.4 is 5.32 Å². The number of hydrogen-bond donors (Lipinski definition) is 1. The molecule has 1 aromatic rings. The van der Waals surface area contributed by atoms with Gasteiger partial charge in [-0.3, -0.25) is 14.9 Å². The summed E-state index contributed by atoms with van der Waals surface area (Å²) in [5, 5.41) is 2.90. The molecular weight excluding hydrogens is 292 g/mol. The van der Waals surface area contributed by atoms with E-state index < -0.39 is 0 Å². The molecule has 2 amide bonds. The summed E-state index contributed by atoms with van der Waals surface area (Å²) >= 11 is 4.68. The Morgan fingerprint density at radius 2 is 2.25 bits per heavy atom. The summed E-state index contributed by atoms with van der Waals surface area (Å²) in [5.74, 6) is -0.406. The average Bonchev–Trinajstić information content (AvgIpc) is 2.25. The van der Waals surface area contributed by atoms with E-state index in [4.69, 9.17) is 0 Å². The van der Waals surface area contributed by atoms with Gasteiger partial charge in [0.25, 0.3) is 0 Å². The standard InChI is InChI=1S/C10H9BrN2O2S/c11-6-1-4-9(12-5-6)16-7-2-3-8(14)13-10(7)15/h1,4-5,7H,2-3H2,(H,13,14,15). The predicted molar refractivity (Wildman–Crippen MR) is 64.0 cm³/mol. The van der Waals surface area contributed by atoms with Crippen LogP contribution in [0.1, 0.15) is 12.8 Å². The lowest BCUT2D eigenvalue weighted by atomic mass is 10.1. The molecule has 2 heterocycles. The molecule has 1 aliphatic heterocycles. The van der Waals surface area contributed by atoms with E-state index in [1.807, 2.05) is 12.1 Å². The highest BCUT2D eigenvalue weighted by atomic mass is 79.9. The highest BCUT2D eigenvalue weighted by molar-refractivity contribution is 9.10. The first-order valence-corrected chi connectivity index (χ1v) is 6.44. The van der Waals surface area contributed by atoms with Crippen LogP contribution in [-0.2, 0) is 9.59 Å². The zero-order valence-corrected chi connectivity index (χ0v) is 10.7. The quantitative estimate of drug-likeness (QED) is 0.845. The van der Waals surface area contributed by atoms with Crippen LogP contribution in [0.5, 0.6) is 0 Å². The van der Waals surface area contributed by atoms with Gasteiger partial charge in [-0.2, -0.15) is 0 Å². The van der Waals surface area contributed by atoms with Gasteiger partial charge >= 0.3 is 0 Å². The van der Waals surface area contributed by atoms with Crippen LogP contribution in [-0.4, -0.2) is 22.0 Å². The van der Waals surface area contributed by atoms with E-state index in [9.17, 15) is 9.59 Å². The first-order chi connectivity index (χ1) is 7.65. The molecule has 16 heavy (non-hydrogen) atoms. The summed E-state index contributed by atoms with van der Waals surface area (Å²) in [6.45, 7) is 0. The number of aromatic nitrogens is 1. The molecule has 84 valence electrons. The molecular formula is C10H9BrN2O2S. The number of rotatable bonds is 2. The molecule has 2 rings (SSSR count). The zero-order chi connectivity index (χ0) is 11.5. The number of imide groups is 1. The zero-order valence-electron chi connectivity index (χ0n) is 8.27. The van der Waals surface area contributed by atoms with E-state index in [0.717, 1.165) is 9.50 Å². The van der Waals surface area contributed by atoms with Crippen LogP contribution in [0, 0.1) is 0 Å². The Hall–Kier alpha value is -0.880. The van der Waals surface area contributed by atoms with E-state index in [0.29, 0.717) is 12.8 Å². The molecule has 0 bridgehead atoms. The van der Waals surface area contributed by atoms with Crippen molar-refractivity contribution in [1.82, 2.24) is 10.3 Å². The minimum absolute atomic E-state index is 0.189. The van der Waals surface area contributed by atoms with Gasteiger partial charge in [-0.05, 0) is 34.5 Å². The summed E-state index contributed by atoms with van der Waals surface area (Å²) < 4.78 is 0.903. The van der Waals surface area contributed by atoms with E-state index in [-0.39, 0.29) is 17.1 Å². The third-order valence-corrected chi connectivity index (χ3v) is 3.84. The molecule has 1 aliphatic rings. The van der Waals surface area contributed by atoms with Crippen molar-refractivity contribution < 1.29 is 9.59 Å². The average molecular weight is 301 g/mol. The maximum Gasteiger partial charge on any atom is 0.240 e.